The third-order valence-electron chi connectivity index (χ3n) is 6.35. The van der Waals surface area contributed by atoms with Crippen LogP contribution in [0, 0.1) is 0 Å². The molecule has 38 heavy (non-hydrogen) atoms. The van der Waals surface area contributed by atoms with E-state index in [-0.39, 0.29) is 29.2 Å². The van der Waals surface area contributed by atoms with Crippen molar-refractivity contribution in [2.45, 2.75) is 62.2 Å². The number of hydrogen-bond donors (Lipinski definition) is 4. The molecular formula is C27H33F3N4O3S. The van der Waals surface area contributed by atoms with Crippen molar-refractivity contribution in [3.05, 3.63) is 59.2 Å². The summed E-state index contributed by atoms with van der Waals surface area (Å²) in [7, 11) is 0. The van der Waals surface area contributed by atoms with Crippen molar-refractivity contribution in [2.75, 3.05) is 24.7 Å². The van der Waals surface area contributed by atoms with Crippen molar-refractivity contribution in [3.8, 4) is 0 Å². The van der Waals surface area contributed by atoms with Gasteiger partial charge >= 0.3 is 6.18 Å². The number of alkyl halides is 3. The van der Waals surface area contributed by atoms with Crippen molar-refractivity contribution in [1.82, 2.24) is 16.0 Å². The third-order valence-corrected chi connectivity index (χ3v) is 7.09. The number of halogens is 3. The van der Waals surface area contributed by atoms with Crippen molar-refractivity contribution in [2.24, 2.45) is 0 Å². The summed E-state index contributed by atoms with van der Waals surface area (Å²) in [6.45, 7) is 1.96. The zero-order chi connectivity index (χ0) is 27.7. The number of carbonyl (C=O) groups excluding carboxylic acids is 3. The first kappa shape index (κ1) is 29.3. The number of benzene rings is 2. The molecule has 1 aliphatic rings. The fourth-order valence-electron chi connectivity index (χ4n) is 4.31. The zero-order valence-electron chi connectivity index (χ0n) is 21.4. The summed E-state index contributed by atoms with van der Waals surface area (Å²) in [5.74, 6) is -1.50. The predicted molar refractivity (Wildman–Crippen MR) is 142 cm³/mol. The molecule has 3 amide bonds. The molecule has 0 heterocycles. The Hall–Kier alpha value is -3.21. The van der Waals surface area contributed by atoms with E-state index in [4.69, 9.17) is 0 Å². The van der Waals surface area contributed by atoms with Crippen LogP contribution in [-0.4, -0.2) is 49.2 Å². The summed E-state index contributed by atoms with van der Waals surface area (Å²) >= 11 is 1.58. The van der Waals surface area contributed by atoms with E-state index < -0.39 is 30.1 Å². The van der Waals surface area contributed by atoms with Crippen LogP contribution < -0.4 is 21.3 Å². The number of amides is 3. The smallest absolute Gasteiger partial charge is 0.384 e. The summed E-state index contributed by atoms with van der Waals surface area (Å²) in [5.41, 5.74) is -0.341. The lowest BCUT2D eigenvalue weighted by Crippen LogP contribution is -2.54. The maximum absolute atomic E-state index is 13.2. The molecule has 0 saturated heterocycles. The van der Waals surface area contributed by atoms with Crippen molar-refractivity contribution >= 4 is 35.2 Å². The zero-order valence-corrected chi connectivity index (χ0v) is 22.2. The van der Waals surface area contributed by atoms with E-state index in [2.05, 4.69) is 21.3 Å². The lowest BCUT2D eigenvalue weighted by atomic mass is 9.90. The van der Waals surface area contributed by atoms with Crippen LogP contribution in [0.15, 0.2) is 47.4 Å². The Kier molecular flexibility index (Phi) is 10.5. The molecule has 1 aliphatic carbocycles. The fourth-order valence-corrected chi connectivity index (χ4v) is 4.71. The molecule has 0 aromatic heterocycles. The van der Waals surface area contributed by atoms with Gasteiger partial charge in [0.2, 0.25) is 5.91 Å². The molecule has 7 nitrogen and oxygen atoms in total. The van der Waals surface area contributed by atoms with Gasteiger partial charge in [-0.1, -0.05) is 19.8 Å². The monoisotopic (exact) mass is 550 g/mol. The summed E-state index contributed by atoms with van der Waals surface area (Å²) in [6.07, 6.45) is 1.21. The van der Waals surface area contributed by atoms with Gasteiger partial charge in [0, 0.05) is 34.8 Å². The van der Waals surface area contributed by atoms with Crippen LogP contribution in [0.5, 0.6) is 0 Å². The maximum atomic E-state index is 13.2. The lowest BCUT2D eigenvalue weighted by molar-refractivity contribution is -0.137. The minimum absolute atomic E-state index is 0.184. The SMILES string of the molecule is CCCNc1ccc(C(F)(F)F)cc1C(=O)NCC(=O)NC1CCCCC1NC(=O)c1ccc(SC)cc1. The van der Waals surface area contributed by atoms with Crippen LogP contribution >= 0.6 is 11.8 Å². The Balaban J connectivity index is 1.61. The van der Waals surface area contributed by atoms with E-state index in [0.717, 1.165) is 29.9 Å². The largest absolute Gasteiger partial charge is 0.416 e. The van der Waals surface area contributed by atoms with E-state index in [1.807, 2.05) is 25.3 Å². The average Bonchev–Trinajstić information content (AvgIpc) is 2.91. The standard InChI is InChI=1S/C27H33F3N4O3S/c1-3-14-31-21-13-10-18(27(28,29)30)15-20(21)26(37)32-16-24(35)33-22-6-4-5-7-23(22)34-25(36)17-8-11-19(38-2)12-9-17/h8-13,15,22-23,31H,3-7,14,16H2,1-2H3,(H,32,37)(H,33,35)(H,34,36). The highest BCUT2D eigenvalue weighted by Gasteiger charge is 2.32. The van der Waals surface area contributed by atoms with Gasteiger partial charge in [-0.05, 0) is 68.0 Å². The summed E-state index contributed by atoms with van der Waals surface area (Å²) < 4.78 is 39.6. The van der Waals surface area contributed by atoms with Crippen LogP contribution in [0.3, 0.4) is 0 Å². The quantitative estimate of drug-likeness (QED) is 0.318. The second-order valence-electron chi connectivity index (χ2n) is 9.13. The normalized spacial score (nSPS) is 17.4. The predicted octanol–water partition coefficient (Wildman–Crippen LogP) is 4.84. The molecule has 0 aliphatic heterocycles. The van der Waals surface area contributed by atoms with Gasteiger partial charge < -0.3 is 21.3 Å². The summed E-state index contributed by atoms with van der Waals surface area (Å²) in [5, 5.41) is 11.2. The van der Waals surface area contributed by atoms with Gasteiger partial charge in [-0.2, -0.15) is 13.2 Å². The molecule has 1 saturated carbocycles. The van der Waals surface area contributed by atoms with Crippen LogP contribution in [0.1, 0.15) is 65.3 Å². The second kappa shape index (κ2) is 13.5. The summed E-state index contributed by atoms with van der Waals surface area (Å²) in [4.78, 5) is 39.2. The first-order valence-corrected chi connectivity index (χ1v) is 13.8. The Morgan fingerprint density at radius 2 is 1.61 bits per heavy atom. The van der Waals surface area contributed by atoms with Gasteiger partial charge in [0.15, 0.2) is 0 Å². The minimum Gasteiger partial charge on any atom is -0.384 e. The van der Waals surface area contributed by atoms with E-state index >= 15 is 0 Å². The van der Waals surface area contributed by atoms with Crippen LogP contribution in [0.4, 0.5) is 18.9 Å². The first-order valence-electron chi connectivity index (χ1n) is 12.6. The molecular weight excluding hydrogens is 517 g/mol. The third kappa shape index (κ3) is 8.14. The molecule has 2 aromatic rings. The molecule has 3 rings (SSSR count). The van der Waals surface area contributed by atoms with Crippen LogP contribution in [0.25, 0.3) is 0 Å². The number of anilines is 1. The molecule has 0 spiro atoms. The Morgan fingerprint density at radius 3 is 2.21 bits per heavy atom. The van der Waals surface area contributed by atoms with Crippen LogP contribution in [-0.2, 0) is 11.0 Å². The van der Waals surface area contributed by atoms with Gasteiger partial charge in [-0.25, -0.2) is 0 Å². The highest BCUT2D eigenvalue weighted by molar-refractivity contribution is 7.98. The number of rotatable bonds is 10. The highest BCUT2D eigenvalue weighted by Crippen LogP contribution is 2.32. The molecule has 2 aromatic carbocycles. The van der Waals surface area contributed by atoms with E-state index in [0.29, 0.717) is 31.4 Å². The van der Waals surface area contributed by atoms with Gasteiger partial charge in [0.25, 0.3) is 11.8 Å². The Morgan fingerprint density at radius 1 is 0.947 bits per heavy atom. The first-order chi connectivity index (χ1) is 18.1. The fraction of sp³-hybridized carbons (Fsp3) is 0.444. The van der Waals surface area contributed by atoms with Crippen molar-refractivity contribution in [1.29, 1.82) is 0 Å². The number of hydrogen-bond acceptors (Lipinski definition) is 5. The average molecular weight is 551 g/mol. The molecule has 0 bridgehead atoms. The van der Waals surface area contributed by atoms with Gasteiger partial charge in [0.05, 0.1) is 17.7 Å². The number of nitrogens with one attached hydrogen (secondary N) is 4. The Labute approximate surface area is 224 Å². The topological polar surface area (TPSA) is 99.3 Å². The highest BCUT2D eigenvalue weighted by atomic mass is 32.2. The summed E-state index contributed by atoms with van der Waals surface area (Å²) in [6, 6.07) is 9.57. The van der Waals surface area contributed by atoms with E-state index in [1.54, 1.807) is 23.9 Å². The van der Waals surface area contributed by atoms with E-state index in [1.165, 1.54) is 6.07 Å². The van der Waals surface area contributed by atoms with Gasteiger partial charge in [-0.15, -0.1) is 11.8 Å². The molecule has 2 unspecified atom stereocenters. The van der Waals surface area contributed by atoms with Crippen LogP contribution in [0.2, 0.25) is 0 Å². The molecule has 2 atom stereocenters. The maximum Gasteiger partial charge on any atom is 0.416 e. The molecule has 11 heteroatoms. The number of carbonyl (C=O) groups is 3. The van der Waals surface area contributed by atoms with Crippen molar-refractivity contribution in [3.63, 3.8) is 0 Å². The molecule has 0 radical (unpaired) electrons. The second-order valence-corrected chi connectivity index (χ2v) is 10.0. The molecule has 1 fully saturated rings. The minimum atomic E-state index is -4.60. The molecule has 206 valence electrons. The van der Waals surface area contributed by atoms with Gasteiger partial charge in [0.1, 0.15) is 0 Å². The lowest BCUT2D eigenvalue weighted by Gasteiger charge is -2.33. The Bertz CT molecular complexity index is 1130. The van der Waals surface area contributed by atoms with Gasteiger partial charge in [-0.3, -0.25) is 14.4 Å². The van der Waals surface area contributed by atoms with E-state index in [9.17, 15) is 27.6 Å². The van der Waals surface area contributed by atoms with Crippen molar-refractivity contribution < 1.29 is 27.6 Å². The number of thioether (sulfide) groups is 1. The molecule has 4 N–H and O–H groups in total.